The summed E-state index contributed by atoms with van der Waals surface area (Å²) in [6, 6.07) is 2.77. The van der Waals surface area contributed by atoms with E-state index < -0.39 is 0 Å². The van der Waals surface area contributed by atoms with Gasteiger partial charge in [-0.15, -0.1) is 0 Å². The second-order valence-electron chi connectivity index (χ2n) is 4.95. The number of aryl methyl sites for hydroxylation is 1. The minimum Gasteiger partial charge on any atom is -0.354 e. The maximum atomic E-state index is 4.64. The zero-order valence-corrected chi connectivity index (χ0v) is 11.7. The summed E-state index contributed by atoms with van der Waals surface area (Å²) >= 11 is 0. The molecule has 1 saturated carbocycles. The molecule has 0 aromatic carbocycles. The molecule has 0 saturated heterocycles. The fourth-order valence-electron chi connectivity index (χ4n) is 2.76. The van der Waals surface area contributed by atoms with Gasteiger partial charge in [0, 0.05) is 30.9 Å². The van der Waals surface area contributed by atoms with E-state index in [0.717, 1.165) is 30.5 Å². The van der Waals surface area contributed by atoms with Crippen molar-refractivity contribution in [1.29, 1.82) is 0 Å². The van der Waals surface area contributed by atoms with Crippen molar-refractivity contribution in [3.8, 4) is 0 Å². The van der Waals surface area contributed by atoms with Crippen LogP contribution in [0.4, 0.5) is 11.8 Å². The molecule has 100 valence electrons. The van der Waals surface area contributed by atoms with Crippen molar-refractivity contribution in [3.05, 3.63) is 11.8 Å². The first-order valence-corrected chi connectivity index (χ1v) is 7.10. The van der Waals surface area contributed by atoms with Gasteiger partial charge < -0.3 is 10.2 Å². The van der Waals surface area contributed by atoms with Crippen molar-refractivity contribution in [2.45, 2.75) is 52.5 Å². The zero-order valence-electron chi connectivity index (χ0n) is 11.7. The van der Waals surface area contributed by atoms with Crippen LogP contribution < -0.4 is 10.2 Å². The van der Waals surface area contributed by atoms with Gasteiger partial charge in [0.05, 0.1) is 0 Å². The van der Waals surface area contributed by atoms with E-state index >= 15 is 0 Å². The molecule has 0 bridgehead atoms. The Labute approximate surface area is 110 Å². The Hall–Kier alpha value is -1.32. The Morgan fingerprint density at radius 2 is 2.00 bits per heavy atom. The summed E-state index contributed by atoms with van der Waals surface area (Å²) in [7, 11) is 0. The van der Waals surface area contributed by atoms with Gasteiger partial charge in [-0.25, -0.2) is 4.98 Å². The number of nitrogens with zero attached hydrogens (tertiary/aromatic N) is 3. The van der Waals surface area contributed by atoms with Crippen LogP contribution in [0.5, 0.6) is 0 Å². The number of hydrogen-bond donors (Lipinski definition) is 1. The van der Waals surface area contributed by atoms with E-state index in [4.69, 9.17) is 0 Å². The van der Waals surface area contributed by atoms with Gasteiger partial charge in [-0.1, -0.05) is 12.8 Å². The summed E-state index contributed by atoms with van der Waals surface area (Å²) in [6.07, 6.45) is 5.30. The second kappa shape index (κ2) is 6.03. The van der Waals surface area contributed by atoms with E-state index in [9.17, 15) is 0 Å². The molecule has 0 radical (unpaired) electrons. The quantitative estimate of drug-likeness (QED) is 0.869. The SMILES string of the molecule is CCNc1nc(C)cc(N(CC)C2CCCC2)n1. The fourth-order valence-corrected chi connectivity index (χ4v) is 2.76. The van der Waals surface area contributed by atoms with Crippen molar-refractivity contribution < 1.29 is 0 Å². The van der Waals surface area contributed by atoms with E-state index in [1.165, 1.54) is 25.7 Å². The van der Waals surface area contributed by atoms with E-state index in [1.807, 2.05) is 6.92 Å². The summed E-state index contributed by atoms with van der Waals surface area (Å²) in [4.78, 5) is 11.5. The average Bonchev–Trinajstić information content (AvgIpc) is 2.83. The maximum Gasteiger partial charge on any atom is 0.224 e. The first-order valence-electron chi connectivity index (χ1n) is 7.10. The lowest BCUT2D eigenvalue weighted by Gasteiger charge is -2.29. The molecule has 1 fully saturated rings. The highest BCUT2D eigenvalue weighted by molar-refractivity contribution is 5.45. The topological polar surface area (TPSA) is 41.1 Å². The Kier molecular flexibility index (Phi) is 4.39. The zero-order chi connectivity index (χ0) is 13.0. The Morgan fingerprint density at radius 3 is 2.61 bits per heavy atom. The fraction of sp³-hybridized carbons (Fsp3) is 0.714. The highest BCUT2D eigenvalue weighted by Gasteiger charge is 2.23. The van der Waals surface area contributed by atoms with Crippen molar-refractivity contribution in [1.82, 2.24) is 9.97 Å². The molecule has 1 aromatic rings. The van der Waals surface area contributed by atoms with Crippen LogP contribution in [0, 0.1) is 6.92 Å². The molecule has 0 aliphatic heterocycles. The van der Waals surface area contributed by atoms with Crippen LogP contribution >= 0.6 is 0 Å². The molecule has 0 atom stereocenters. The third kappa shape index (κ3) is 2.92. The minimum atomic E-state index is 0.666. The van der Waals surface area contributed by atoms with Crippen LogP contribution in [0.25, 0.3) is 0 Å². The van der Waals surface area contributed by atoms with Crippen LogP contribution in [0.2, 0.25) is 0 Å². The van der Waals surface area contributed by atoms with E-state index in [2.05, 4.69) is 40.1 Å². The van der Waals surface area contributed by atoms with Crippen LogP contribution in [0.15, 0.2) is 6.07 Å². The molecule has 0 unspecified atom stereocenters. The lowest BCUT2D eigenvalue weighted by Crippen LogP contribution is -2.34. The van der Waals surface area contributed by atoms with Gasteiger partial charge in [-0.2, -0.15) is 4.98 Å². The Bertz CT molecular complexity index is 385. The predicted molar refractivity (Wildman–Crippen MR) is 76.2 cm³/mol. The molecule has 0 spiro atoms. The average molecular weight is 248 g/mol. The summed E-state index contributed by atoms with van der Waals surface area (Å²) in [5, 5.41) is 3.21. The number of anilines is 2. The molecule has 2 rings (SSSR count). The third-order valence-corrected chi connectivity index (χ3v) is 3.58. The highest BCUT2D eigenvalue weighted by atomic mass is 15.2. The van der Waals surface area contributed by atoms with E-state index in [0.29, 0.717) is 6.04 Å². The van der Waals surface area contributed by atoms with Crippen molar-refractivity contribution in [2.24, 2.45) is 0 Å². The normalized spacial score (nSPS) is 15.9. The molecule has 18 heavy (non-hydrogen) atoms. The molecular formula is C14H24N4. The monoisotopic (exact) mass is 248 g/mol. The molecule has 4 heteroatoms. The molecule has 1 aromatic heterocycles. The lowest BCUT2D eigenvalue weighted by molar-refractivity contribution is 0.612. The van der Waals surface area contributed by atoms with E-state index in [-0.39, 0.29) is 0 Å². The van der Waals surface area contributed by atoms with Gasteiger partial charge >= 0.3 is 0 Å². The second-order valence-corrected chi connectivity index (χ2v) is 4.95. The Morgan fingerprint density at radius 1 is 1.28 bits per heavy atom. The van der Waals surface area contributed by atoms with Gasteiger partial charge in [0.25, 0.3) is 0 Å². The van der Waals surface area contributed by atoms with Crippen molar-refractivity contribution in [3.63, 3.8) is 0 Å². The van der Waals surface area contributed by atoms with Crippen molar-refractivity contribution >= 4 is 11.8 Å². The smallest absolute Gasteiger partial charge is 0.224 e. The molecule has 4 nitrogen and oxygen atoms in total. The minimum absolute atomic E-state index is 0.666. The number of aromatic nitrogens is 2. The number of rotatable bonds is 5. The lowest BCUT2D eigenvalue weighted by atomic mass is 10.2. The van der Waals surface area contributed by atoms with E-state index in [1.54, 1.807) is 0 Å². The predicted octanol–water partition coefficient (Wildman–Crippen LogP) is 2.99. The first kappa shape index (κ1) is 13.1. The summed E-state index contributed by atoms with van der Waals surface area (Å²) < 4.78 is 0. The molecular weight excluding hydrogens is 224 g/mol. The van der Waals surface area contributed by atoms with Gasteiger partial charge in [0.1, 0.15) is 5.82 Å². The molecule has 1 heterocycles. The van der Waals surface area contributed by atoms with Gasteiger partial charge in [-0.05, 0) is 33.6 Å². The largest absolute Gasteiger partial charge is 0.354 e. The van der Waals surface area contributed by atoms with Crippen LogP contribution in [-0.2, 0) is 0 Å². The van der Waals surface area contributed by atoms with Gasteiger partial charge in [-0.3, -0.25) is 0 Å². The standard InChI is InChI=1S/C14H24N4/c1-4-15-14-16-11(3)10-13(17-14)18(5-2)12-8-6-7-9-12/h10,12H,4-9H2,1-3H3,(H,15,16,17). The number of hydrogen-bond acceptors (Lipinski definition) is 4. The molecule has 1 aliphatic carbocycles. The number of nitrogens with one attached hydrogen (secondary N) is 1. The summed E-state index contributed by atoms with van der Waals surface area (Å²) in [6.45, 7) is 8.20. The van der Waals surface area contributed by atoms with Crippen molar-refractivity contribution in [2.75, 3.05) is 23.3 Å². The Balaban J connectivity index is 2.23. The highest BCUT2D eigenvalue weighted by Crippen LogP contribution is 2.27. The van der Waals surface area contributed by atoms with Crippen LogP contribution in [-0.4, -0.2) is 29.1 Å². The molecule has 0 amide bonds. The van der Waals surface area contributed by atoms with Crippen LogP contribution in [0.3, 0.4) is 0 Å². The summed E-state index contributed by atoms with van der Waals surface area (Å²) in [5.41, 5.74) is 1.03. The van der Waals surface area contributed by atoms with Gasteiger partial charge in [0.15, 0.2) is 0 Å². The molecule has 1 aliphatic rings. The first-order chi connectivity index (χ1) is 8.74. The van der Waals surface area contributed by atoms with Crippen LogP contribution in [0.1, 0.15) is 45.2 Å². The molecule has 1 N–H and O–H groups in total. The maximum absolute atomic E-state index is 4.64. The van der Waals surface area contributed by atoms with Gasteiger partial charge in [0.2, 0.25) is 5.95 Å². The summed E-state index contributed by atoms with van der Waals surface area (Å²) in [5.74, 6) is 1.83. The third-order valence-electron chi connectivity index (χ3n) is 3.58.